The third kappa shape index (κ3) is 2.53. The van der Waals surface area contributed by atoms with Crippen molar-refractivity contribution in [1.29, 1.82) is 0 Å². The van der Waals surface area contributed by atoms with E-state index in [1.165, 1.54) is 5.56 Å². The molecule has 6 nitrogen and oxygen atoms in total. The van der Waals surface area contributed by atoms with Crippen LogP contribution in [-0.2, 0) is 20.1 Å². The Morgan fingerprint density at radius 1 is 1.39 bits per heavy atom. The van der Waals surface area contributed by atoms with E-state index < -0.39 is 0 Å². The first kappa shape index (κ1) is 12.6. The second-order valence-electron chi connectivity index (χ2n) is 4.35. The fourth-order valence-corrected chi connectivity index (χ4v) is 2.01. The van der Waals surface area contributed by atoms with Crippen LogP contribution in [-0.4, -0.2) is 31.3 Å². The molecule has 0 aliphatic heterocycles. The van der Waals surface area contributed by atoms with Crippen LogP contribution < -0.4 is 5.32 Å². The lowest BCUT2D eigenvalue weighted by Gasteiger charge is -2.05. The van der Waals surface area contributed by atoms with Crippen LogP contribution in [0.5, 0.6) is 0 Å². The first-order chi connectivity index (χ1) is 8.61. The Hall–Kier alpha value is -1.82. The summed E-state index contributed by atoms with van der Waals surface area (Å²) in [5, 5.41) is 20.8. The highest BCUT2D eigenvalue weighted by Gasteiger charge is 2.10. The van der Waals surface area contributed by atoms with E-state index in [2.05, 4.69) is 15.5 Å². The highest BCUT2D eigenvalue weighted by atomic mass is 16.3. The molecule has 0 unspecified atom stereocenters. The van der Waals surface area contributed by atoms with Gasteiger partial charge in [0.2, 0.25) is 0 Å². The molecule has 0 aromatic carbocycles. The summed E-state index contributed by atoms with van der Waals surface area (Å²) in [6.07, 6.45) is 3.73. The zero-order chi connectivity index (χ0) is 13.1. The Labute approximate surface area is 106 Å². The monoisotopic (exact) mass is 249 g/mol. The van der Waals surface area contributed by atoms with E-state index in [9.17, 15) is 0 Å². The molecule has 2 heterocycles. The van der Waals surface area contributed by atoms with Gasteiger partial charge in [-0.25, -0.2) is 0 Å². The summed E-state index contributed by atoms with van der Waals surface area (Å²) in [6.45, 7) is 5.38. The van der Waals surface area contributed by atoms with Crippen molar-refractivity contribution in [3.63, 3.8) is 0 Å². The van der Waals surface area contributed by atoms with Crippen molar-refractivity contribution >= 4 is 5.69 Å². The number of aliphatic hydroxyl groups is 1. The van der Waals surface area contributed by atoms with Crippen molar-refractivity contribution in [3.8, 4) is 0 Å². The number of anilines is 1. The Kier molecular flexibility index (Phi) is 3.66. The van der Waals surface area contributed by atoms with Crippen LogP contribution in [0.4, 0.5) is 5.69 Å². The van der Waals surface area contributed by atoms with Gasteiger partial charge in [-0.3, -0.25) is 9.36 Å². The quantitative estimate of drug-likeness (QED) is 0.824. The Bertz CT molecular complexity index is 529. The molecule has 2 aromatic rings. The van der Waals surface area contributed by atoms with Gasteiger partial charge in [0.25, 0.3) is 0 Å². The fourth-order valence-electron chi connectivity index (χ4n) is 2.01. The molecular weight excluding hydrogens is 230 g/mol. The maximum Gasteiger partial charge on any atom is 0.0729 e. The molecule has 0 atom stereocenters. The Morgan fingerprint density at radius 3 is 2.78 bits per heavy atom. The van der Waals surface area contributed by atoms with Crippen LogP contribution in [0.15, 0.2) is 12.4 Å². The average molecular weight is 249 g/mol. The van der Waals surface area contributed by atoms with Crippen molar-refractivity contribution in [2.45, 2.75) is 26.9 Å². The summed E-state index contributed by atoms with van der Waals surface area (Å²) in [4.78, 5) is 0. The molecule has 0 spiro atoms. The van der Waals surface area contributed by atoms with Crippen molar-refractivity contribution in [3.05, 3.63) is 29.3 Å². The van der Waals surface area contributed by atoms with E-state index in [0.717, 1.165) is 23.6 Å². The molecule has 0 radical (unpaired) electrons. The Morgan fingerprint density at radius 2 is 2.17 bits per heavy atom. The molecule has 2 rings (SSSR count). The summed E-state index contributed by atoms with van der Waals surface area (Å²) in [5.74, 6) is 0. The van der Waals surface area contributed by atoms with E-state index in [4.69, 9.17) is 5.11 Å². The molecule has 0 fully saturated rings. The molecule has 0 aliphatic rings. The zero-order valence-electron chi connectivity index (χ0n) is 11.0. The minimum absolute atomic E-state index is 0.109. The average Bonchev–Trinajstić information content (AvgIpc) is 2.84. The maximum atomic E-state index is 8.97. The third-order valence-corrected chi connectivity index (χ3v) is 3.02. The molecule has 0 saturated heterocycles. The lowest BCUT2D eigenvalue weighted by Crippen LogP contribution is -2.07. The number of rotatable bonds is 5. The normalized spacial score (nSPS) is 10.9. The highest BCUT2D eigenvalue weighted by molar-refractivity contribution is 5.40. The largest absolute Gasteiger partial charge is 0.394 e. The van der Waals surface area contributed by atoms with Crippen molar-refractivity contribution < 1.29 is 5.11 Å². The van der Waals surface area contributed by atoms with Crippen LogP contribution in [0.3, 0.4) is 0 Å². The molecule has 18 heavy (non-hydrogen) atoms. The van der Waals surface area contributed by atoms with E-state index in [0.29, 0.717) is 6.54 Å². The van der Waals surface area contributed by atoms with Crippen LogP contribution in [0.25, 0.3) is 0 Å². The van der Waals surface area contributed by atoms with Crippen molar-refractivity contribution in [2.24, 2.45) is 7.05 Å². The van der Waals surface area contributed by atoms with Gasteiger partial charge >= 0.3 is 0 Å². The molecule has 0 bridgehead atoms. The van der Waals surface area contributed by atoms with E-state index in [1.807, 2.05) is 31.8 Å². The molecule has 6 heteroatoms. The predicted molar refractivity (Wildman–Crippen MR) is 69.3 cm³/mol. The van der Waals surface area contributed by atoms with Gasteiger partial charge in [-0.1, -0.05) is 0 Å². The van der Waals surface area contributed by atoms with Gasteiger partial charge in [-0.2, -0.15) is 10.2 Å². The summed E-state index contributed by atoms with van der Waals surface area (Å²) < 4.78 is 3.60. The lowest BCUT2D eigenvalue weighted by molar-refractivity contribution is 0.268. The summed E-state index contributed by atoms with van der Waals surface area (Å²) >= 11 is 0. The number of aryl methyl sites for hydroxylation is 2. The molecule has 2 aromatic heterocycles. The first-order valence-electron chi connectivity index (χ1n) is 5.98. The fraction of sp³-hybridized carbons (Fsp3) is 0.500. The van der Waals surface area contributed by atoms with Crippen LogP contribution >= 0.6 is 0 Å². The van der Waals surface area contributed by atoms with Gasteiger partial charge in [0.05, 0.1) is 30.7 Å². The Balaban J connectivity index is 2.09. The van der Waals surface area contributed by atoms with Crippen molar-refractivity contribution in [1.82, 2.24) is 19.6 Å². The molecule has 98 valence electrons. The number of hydrogen-bond acceptors (Lipinski definition) is 4. The van der Waals surface area contributed by atoms with Gasteiger partial charge in [0.1, 0.15) is 0 Å². The van der Waals surface area contributed by atoms with Gasteiger partial charge in [-0.05, 0) is 13.8 Å². The van der Waals surface area contributed by atoms with Gasteiger partial charge in [-0.15, -0.1) is 0 Å². The van der Waals surface area contributed by atoms with Crippen LogP contribution in [0.1, 0.15) is 17.0 Å². The number of nitrogens with zero attached hydrogens (tertiary/aromatic N) is 4. The third-order valence-electron chi connectivity index (χ3n) is 3.02. The maximum absolute atomic E-state index is 8.97. The summed E-state index contributed by atoms with van der Waals surface area (Å²) in [6, 6.07) is 0. The van der Waals surface area contributed by atoms with Crippen molar-refractivity contribution in [2.75, 3.05) is 11.9 Å². The highest BCUT2D eigenvalue weighted by Crippen LogP contribution is 2.15. The molecular formula is C12H19N5O. The minimum Gasteiger partial charge on any atom is -0.394 e. The number of aromatic nitrogens is 4. The summed E-state index contributed by atoms with van der Waals surface area (Å²) in [7, 11) is 1.89. The number of nitrogens with one attached hydrogen (secondary N) is 1. The second-order valence-corrected chi connectivity index (χ2v) is 4.35. The molecule has 0 amide bonds. The SMILES string of the molecule is Cc1nn(CCO)c(C)c1CNc1cnn(C)c1. The molecule has 0 aliphatic carbocycles. The van der Waals surface area contributed by atoms with E-state index in [-0.39, 0.29) is 6.61 Å². The number of aliphatic hydroxyl groups excluding tert-OH is 1. The molecule has 2 N–H and O–H groups in total. The predicted octanol–water partition coefficient (Wildman–Crippen LogP) is 0.838. The van der Waals surface area contributed by atoms with Gasteiger partial charge in [0.15, 0.2) is 0 Å². The standard InChI is InChI=1S/C12H19N5O/c1-9-12(10(2)17(15-9)4-5-18)7-13-11-6-14-16(3)8-11/h6,8,13,18H,4-5,7H2,1-3H3. The minimum atomic E-state index is 0.109. The first-order valence-corrected chi connectivity index (χ1v) is 5.98. The topological polar surface area (TPSA) is 67.9 Å². The van der Waals surface area contributed by atoms with E-state index >= 15 is 0 Å². The second kappa shape index (κ2) is 5.22. The lowest BCUT2D eigenvalue weighted by atomic mass is 10.2. The smallest absolute Gasteiger partial charge is 0.0729 e. The molecule has 0 saturated carbocycles. The van der Waals surface area contributed by atoms with Gasteiger partial charge < -0.3 is 10.4 Å². The number of hydrogen-bond donors (Lipinski definition) is 2. The van der Waals surface area contributed by atoms with E-state index in [1.54, 1.807) is 10.9 Å². The zero-order valence-corrected chi connectivity index (χ0v) is 11.0. The van der Waals surface area contributed by atoms with Gasteiger partial charge in [0, 0.05) is 31.0 Å². The van der Waals surface area contributed by atoms with Crippen LogP contribution in [0.2, 0.25) is 0 Å². The van der Waals surface area contributed by atoms with Crippen LogP contribution in [0, 0.1) is 13.8 Å². The summed E-state index contributed by atoms with van der Waals surface area (Å²) in [5.41, 5.74) is 4.26.